The Morgan fingerprint density at radius 2 is 1.66 bits per heavy atom. The fourth-order valence-corrected chi connectivity index (χ4v) is 6.34. The summed E-state index contributed by atoms with van der Waals surface area (Å²) in [5.74, 6) is 1.60. The summed E-state index contributed by atoms with van der Waals surface area (Å²) in [5, 5.41) is 4.29. The van der Waals surface area contributed by atoms with Gasteiger partial charge in [0.05, 0.1) is 31.0 Å². The molecule has 2 aromatic carbocycles. The average molecular weight is 568 g/mol. The maximum absolute atomic E-state index is 6.05. The van der Waals surface area contributed by atoms with Crippen LogP contribution in [-0.2, 0) is 11.3 Å². The molecule has 0 unspecified atom stereocenters. The van der Waals surface area contributed by atoms with Gasteiger partial charge in [0, 0.05) is 49.5 Å². The van der Waals surface area contributed by atoms with Gasteiger partial charge in [0.2, 0.25) is 0 Å². The number of anilines is 1. The van der Waals surface area contributed by atoms with Gasteiger partial charge in [0.15, 0.2) is 5.11 Å². The van der Waals surface area contributed by atoms with Crippen LogP contribution in [0.25, 0.3) is 0 Å². The van der Waals surface area contributed by atoms with Crippen LogP contribution in [0.4, 0.5) is 5.69 Å². The summed E-state index contributed by atoms with van der Waals surface area (Å²) < 4.78 is 14.0. The van der Waals surface area contributed by atoms with Crippen LogP contribution in [0.15, 0.2) is 85.1 Å². The van der Waals surface area contributed by atoms with E-state index in [4.69, 9.17) is 26.7 Å². The van der Waals surface area contributed by atoms with Crippen molar-refractivity contribution in [2.45, 2.75) is 38.9 Å². The van der Waals surface area contributed by atoms with Crippen molar-refractivity contribution >= 4 is 23.0 Å². The number of para-hydroxylation sites is 1. The Bertz CT molecular complexity index is 1450. The van der Waals surface area contributed by atoms with Crippen molar-refractivity contribution in [1.82, 2.24) is 19.8 Å². The molecule has 7 nitrogen and oxygen atoms in total. The highest BCUT2D eigenvalue weighted by Gasteiger charge is 2.42. The highest BCUT2D eigenvalue weighted by atomic mass is 32.1. The summed E-state index contributed by atoms with van der Waals surface area (Å²) >= 11 is 5.97. The minimum Gasteiger partial charge on any atom is -0.457 e. The van der Waals surface area contributed by atoms with Crippen molar-refractivity contribution in [3.63, 3.8) is 0 Å². The van der Waals surface area contributed by atoms with Gasteiger partial charge in [-0.2, -0.15) is 0 Å². The van der Waals surface area contributed by atoms with Crippen molar-refractivity contribution in [2.24, 2.45) is 0 Å². The molecule has 0 spiro atoms. The molecule has 2 aromatic heterocycles. The molecule has 1 N–H and O–H groups in total. The Labute approximate surface area is 247 Å². The third-order valence-corrected chi connectivity index (χ3v) is 8.40. The third kappa shape index (κ3) is 6.00. The standard InChI is InChI=1S/C33H37N5O2S/c1-24-23-29(25(2)37(24)18-8-17-36-19-21-39-22-20-36)32-31(30-11-6-7-16-34-30)35-33(41)38(32)26-12-14-28(15-13-26)40-27-9-4-3-5-10-27/h3-7,9-16,23,31-32H,8,17-22H2,1-2H3,(H,35,41)/t31-,32-/m1/s1. The Kier molecular flexibility index (Phi) is 8.32. The highest BCUT2D eigenvalue weighted by molar-refractivity contribution is 7.80. The molecule has 0 radical (unpaired) electrons. The number of benzene rings is 2. The molecule has 4 aromatic rings. The molecule has 0 amide bonds. The van der Waals surface area contributed by atoms with E-state index in [9.17, 15) is 0 Å². The SMILES string of the molecule is Cc1cc([C@@H]2[C@@H](c3ccccn3)NC(=S)N2c2ccc(Oc3ccccc3)cc2)c(C)n1CCCN1CCOCC1. The van der Waals surface area contributed by atoms with Crippen molar-refractivity contribution in [3.05, 3.63) is 108 Å². The lowest BCUT2D eigenvalue weighted by molar-refractivity contribution is 0.0369. The molecular weight excluding hydrogens is 530 g/mol. The van der Waals surface area contributed by atoms with Crippen LogP contribution in [0.1, 0.15) is 41.1 Å². The predicted octanol–water partition coefficient (Wildman–Crippen LogP) is 6.19. The second-order valence-corrected chi connectivity index (χ2v) is 11.1. The number of nitrogens with one attached hydrogen (secondary N) is 1. The summed E-state index contributed by atoms with van der Waals surface area (Å²) in [5.41, 5.74) is 5.80. The van der Waals surface area contributed by atoms with Crippen molar-refractivity contribution in [2.75, 3.05) is 37.7 Å². The number of hydrogen-bond acceptors (Lipinski definition) is 5. The number of morpholine rings is 1. The van der Waals surface area contributed by atoms with E-state index >= 15 is 0 Å². The topological polar surface area (TPSA) is 54.8 Å². The fourth-order valence-electron chi connectivity index (χ4n) is 6.00. The molecule has 0 saturated carbocycles. The summed E-state index contributed by atoms with van der Waals surface area (Å²) in [6, 6.07) is 26.3. The van der Waals surface area contributed by atoms with Gasteiger partial charge in [-0.25, -0.2) is 0 Å². The van der Waals surface area contributed by atoms with E-state index in [1.54, 1.807) is 0 Å². The fraction of sp³-hybridized carbons (Fsp3) is 0.333. The number of aromatic nitrogens is 2. The van der Waals surface area contributed by atoms with Gasteiger partial charge in [-0.1, -0.05) is 24.3 Å². The maximum Gasteiger partial charge on any atom is 0.174 e. The summed E-state index contributed by atoms with van der Waals surface area (Å²) in [6.07, 6.45) is 2.96. The first kappa shape index (κ1) is 27.4. The number of pyridine rings is 1. The summed E-state index contributed by atoms with van der Waals surface area (Å²) in [6.45, 7) is 10.2. The molecule has 212 valence electrons. The largest absolute Gasteiger partial charge is 0.457 e. The molecule has 2 saturated heterocycles. The first-order chi connectivity index (χ1) is 20.1. The first-order valence-corrected chi connectivity index (χ1v) is 14.8. The lowest BCUT2D eigenvalue weighted by Crippen LogP contribution is -2.37. The number of hydrogen-bond donors (Lipinski definition) is 1. The van der Waals surface area contributed by atoms with E-state index in [-0.39, 0.29) is 12.1 Å². The number of nitrogens with zero attached hydrogens (tertiary/aromatic N) is 4. The van der Waals surface area contributed by atoms with Gasteiger partial charge < -0.3 is 24.3 Å². The molecule has 41 heavy (non-hydrogen) atoms. The van der Waals surface area contributed by atoms with Crippen molar-refractivity contribution in [3.8, 4) is 11.5 Å². The molecular formula is C33H37N5O2S. The zero-order chi connectivity index (χ0) is 28.2. The predicted molar refractivity (Wildman–Crippen MR) is 167 cm³/mol. The van der Waals surface area contributed by atoms with E-state index < -0.39 is 0 Å². The number of ether oxygens (including phenoxy) is 2. The number of thiocarbonyl (C=S) groups is 1. The lowest BCUT2D eigenvalue weighted by Gasteiger charge is -2.28. The van der Waals surface area contributed by atoms with Crippen LogP contribution in [0.5, 0.6) is 11.5 Å². The van der Waals surface area contributed by atoms with Gasteiger partial charge >= 0.3 is 0 Å². The molecule has 2 atom stereocenters. The Balaban J connectivity index is 1.29. The second kappa shape index (κ2) is 12.4. The van der Waals surface area contributed by atoms with E-state index in [0.29, 0.717) is 5.11 Å². The van der Waals surface area contributed by atoms with Crippen LogP contribution >= 0.6 is 12.2 Å². The van der Waals surface area contributed by atoms with Crippen molar-refractivity contribution in [1.29, 1.82) is 0 Å². The monoisotopic (exact) mass is 567 g/mol. The Morgan fingerprint density at radius 3 is 2.39 bits per heavy atom. The van der Waals surface area contributed by atoms with Gasteiger partial charge in [-0.3, -0.25) is 9.88 Å². The van der Waals surface area contributed by atoms with Crippen molar-refractivity contribution < 1.29 is 9.47 Å². The van der Waals surface area contributed by atoms with Gasteiger partial charge in [0.1, 0.15) is 11.5 Å². The van der Waals surface area contributed by atoms with E-state index in [0.717, 1.165) is 68.7 Å². The molecule has 0 bridgehead atoms. The number of rotatable bonds is 9. The molecule has 8 heteroatoms. The van der Waals surface area contributed by atoms with Crippen LogP contribution in [0.3, 0.4) is 0 Å². The van der Waals surface area contributed by atoms with Crippen LogP contribution in [-0.4, -0.2) is 52.4 Å². The molecule has 2 aliphatic rings. The average Bonchev–Trinajstić information content (AvgIpc) is 3.50. The van der Waals surface area contributed by atoms with Gasteiger partial charge in [0.25, 0.3) is 0 Å². The van der Waals surface area contributed by atoms with E-state index in [2.05, 4.69) is 57.8 Å². The minimum atomic E-state index is -0.0776. The maximum atomic E-state index is 6.05. The first-order valence-electron chi connectivity index (χ1n) is 14.4. The normalized spacial score (nSPS) is 19.4. The van der Waals surface area contributed by atoms with Gasteiger partial charge in [-0.05, 0) is 92.6 Å². The molecule has 2 fully saturated rings. The minimum absolute atomic E-state index is 0.0440. The zero-order valence-corrected chi connectivity index (χ0v) is 24.5. The van der Waals surface area contributed by atoms with Crippen LogP contribution in [0, 0.1) is 13.8 Å². The molecule has 6 rings (SSSR count). The smallest absolute Gasteiger partial charge is 0.174 e. The Hall–Kier alpha value is -3.72. The van der Waals surface area contributed by atoms with E-state index in [1.165, 1.54) is 17.0 Å². The highest BCUT2D eigenvalue weighted by Crippen LogP contribution is 2.43. The van der Waals surface area contributed by atoms with Gasteiger partial charge in [-0.15, -0.1) is 0 Å². The molecule has 4 heterocycles. The lowest BCUT2D eigenvalue weighted by atomic mass is 9.96. The Morgan fingerprint density at radius 1 is 0.927 bits per heavy atom. The molecule has 0 aliphatic carbocycles. The van der Waals surface area contributed by atoms with Crippen LogP contribution in [0.2, 0.25) is 0 Å². The summed E-state index contributed by atoms with van der Waals surface area (Å²) in [7, 11) is 0. The van der Waals surface area contributed by atoms with E-state index in [1.807, 2.05) is 60.8 Å². The van der Waals surface area contributed by atoms with Crippen LogP contribution < -0.4 is 15.0 Å². The quantitative estimate of drug-likeness (QED) is 0.242. The molecule has 2 aliphatic heterocycles. The zero-order valence-electron chi connectivity index (χ0n) is 23.7. The second-order valence-electron chi connectivity index (χ2n) is 10.7. The third-order valence-electron chi connectivity index (χ3n) is 8.08. The summed E-state index contributed by atoms with van der Waals surface area (Å²) in [4.78, 5) is 9.47. The number of aryl methyl sites for hydroxylation is 1.